The molecule has 0 N–H and O–H groups in total. The smallest absolute Gasteiger partial charge is 0.0578 e. The van der Waals surface area contributed by atoms with E-state index in [9.17, 15) is 0 Å². The average molecular weight is 443 g/mol. The van der Waals surface area contributed by atoms with E-state index in [0.717, 1.165) is 26.4 Å². The summed E-state index contributed by atoms with van der Waals surface area (Å²) in [6, 6.07) is 0. The van der Waals surface area contributed by atoms with Crippen LogP contribution in [-0.2, 0) is 14.2 Å². The lowest BCUT2D eigenvalue weighted by molar-refractivity contribution is -0.0322. The van der Waals surface area contributed by atoms with E-state index in [1.54, 1.807) is 0 Å². The lowest BCUT2D eigenvalue weighted by Crippen LogP contribution is -2.22. The van der Waals surface area contributed by atoms with E-state index in [-0.39, 0.29) is 0 Å². The molecule has 2 atom stereocenters. The van der Waals surface area contributed by atoms with Gasteiger partial charge < -0.3 is 14.2 Å². The van der Waals surface area contributed by atoms with E-state index in [0.29, 0.717) is 12.2 Å². The molecule has 0 amide bonds. The number of hydrogen-bond donors (Lipinski definition) is 0. The first kappa shape index (κ1) is 30.9. The average Bonchev–Trinajstić information content (AvgIpc) is 2.77. The zero-order chi connectivity index (χ0) is 22.8. The van der Waals surface area contributed by atoms with Crippen molar-refractivity contribution in [3.8, 4) is 0 Å². The Morgan fingerprint density at radius 1 is 0.387 bits per heavy atom. The van der Waals surface area contributed by atoms with Crippen molar-refractivity contribution >= 4 is 0 Å². The van der Waals surface area contributed by atoms with Crippen molar-refractivity contribution in [2.24, 2.45) is 0 Å². The van der Waals surface area contributed by atoms with Gasteiger partial charge in [0.15, 0.2) is 0 Å². The minimum Gasteiger partial charge on any atom is -0.381 e. The molecule has 0 spiro atoms. The first-order chi connectivity index (χ1) is 15.3. The molecule has 0 radical (unpaired) electrons. The van der Waals surface area contributed by atoms with Gasteiger partial charge in [-0.15, -0.1) is 0 Å². The summed E-state index contributed by atoms with van der Waals surface area (Å²) in [6.45, 7) is 12.8. The Morgan fingerprint density at radius 3 is 1.13 bits per heavy atom. The predicted molar refractivity (Wildman–Crippen MR) is 136 cm³/mol. The molecule has 0 aliphatic heterocycles. The van der Waals surface area contributed by atoms with Crippen molar-refractivity contribution in [2.75, 3.05) is 26.4 Å². The van der Waals surface area contributed by atoms with Gasteiger partial charge in [0, 0.05) is 26.4 Å². The Kier molecular flexibility index (Phi) is 26.0. The molecule has 0 aliphatic rings. The summed E-state index contributed by atoms with van der Waals surface area (Å²) in [5, 5.41) is 0. The molecule has 0 saturated carbocycles. The van der Waals surface area contributed by atoms with Gasteiger partial charge in [-0.25, -0.2) is 0 Å². The van der Waals surface area contributed by atoms with Crippen LogP contribution in [0.3, 0.4) is 0 Å². The van der Waals surface area contributed by atoms with E-state index < -0.39 is 0 Å². The summed E-state index contributed by atoms with van der Waals surface area (Å²) < 4.78 is 18.2. The molecular weight excluding hydrogens is 384 g/mol. The van der Waals surface area contributed by atoms with Gasteiger partial charge in [-0.2, -0.15) is 0 Å². The van der Waals surface area contributed by atoms with E-state index in [2.05, 4.69) is 27.7 Å². The Bertz CT molecular complexity index is 291. The van der Waals surface area contributed by atoms with E-state index in [4.69, 9.17) is 14.2 Å². The Labute approximate surface area is 196 Å². The van der Waals surface area contributed by atoms with Crippen molar-refractivity contribution in [3.63, 3.8) is 0 Å². The quantitative estimate of drug-likeness (QED) is 0.125. The molecule has 0 aromatic carbocycles. The highest BCUT2D eigenvalue weighted by atomic mass is 16.5. The van der Waals surface area contributed by atoms with Gasteiger partial charge in [0.1, 0.15) is 0 Å². The van der Waals surface area contributed by atoms with Gasteiger partial charge >= 0.3 is 0 Å². The molecule has 0 aliphatic carbocycles. The van der Waals surface area contributed by atoms with Crippen LogP contribution in [0.25, 0.3) is 0 Å². The second-order valence-electron chi connectivity index (χ2n) is 9.30. The van der Waals surface area contributed by atoms with Gasteiger partial charge in [0.05, 0.1) is 12.2 Å². The molecule has 0 saturated heterocycles. The molecular formula is C28H58O3. The third-order valence-electron chi connectivity index (χ3n) is 6.02. The van der Waals surface area contributed by atoms with Gasteiger partial charge in [-0.1, -0.05) is 79.1 Å². The van der Waals surface area contributed by atoms with Crippen LogP contribution in [-0.4, -0.2) is 38.6 Å². The summed E-state index contributed by atoms with van der Waals surface area (Å²) in [5.74, 6) is 0. The van der Waals surface area contributed by atoms with Crippen LogP contribution in [0.15, 0.2) is 0 Å². The lowest BCUT2D eigenvalue weighted by Gasteiger charge is -2.25. The molecule has 0 heterocycles. The lowest BCUT2D eigenvalue weighted by atomic mass is 10.0. The highest BCUT2D eigenvalue weighted by molar-refractivity contribution is 4.65. The minimum atomic E-state index is 0.431. The molecule has 188 valence electrons. The van der Waals surface area contributed by atoms with Crippen molar-refractivity contribution in [1.82, 2.24) is 0 Å². The Morgan fingerprint density at radius 2 is 0.774 bits per heavy atom. The zero-order valence-corrected chi connectivity index (χ0v) is 21.9. The number of hydrogen-bond acceptors (Lipinski definition) is 3. The fourth-order valence-corrected chi connectivity index (χ4v) is 4.10. The van der Waals surface area contributed by atoms with Gasteiger partial charge in [0.25, 0.3) is 0 Å². The van der Waals surface area contributed by atoms with E-state index in [1.165, 1.54) is 116 Å². The van der Waals surface area contributed by atoms with E-state index >= 15 is 0 Å². The highest BCUT2D eigenvalue weighted by Crippen LogP contribution is 2.19. The first-order valence-electron chi connectivity index (χ1n) is 14.1. The topological polar surface area (TPSA) is 27.7 Å². The van der Waals surface area contributed by atoms with Crippen molar-refractivity contribution < 1.29 is 14.2 Å². The molecule has 0 aromatic heterocycles. The normalized spacial score (nSPS) is 13.5. The molecule has 3 heteroatoms. The maximum Gasteiger partial charge on any atom is 0.0578 e. The SMILES string of the molecule is CCCCCCOCCCCC(CCC)OC(CCC)CCCCOCCCCCC. The monoisotopic (exact) mass is 442 g/mol. The summed E-state index contributed by atoms with van der Waals surface area (Å²) >= 11 is 0. The van der Waals surface area contributed by atoms with Gasteiger partial charge in [0.2, 0.25) is 0 Å². The molecule has 0 bridgehead atoms. The maximum atomic E-state index is 6.59. The summed E-state index contributed by atoms with van der Waals surface area (Å²) in [4.78, 5) is 0. The van der Waals surface area contributed by atoms with Crippen molar-refractivity contribution in [1.29, 1.82) is 0 Å². The number of rotatable bonds is 26. The molecule has 31 heavy (non-hydrogen) atoms. The van der Waals surface area contributed by atoms with Crippen LogP contribution in [0.2, 0.25) is 0 Å². The fraction of sp³-hybridized carbons (Fsp3) is 1.00. The largest absolute Gasteiger partial charge is 0.381 e. The summed E-state index contributed by atoms with van der Waals surface area (Å²) in [6.07, 6.45) is 23.2. The van der Waals surface area contributed by atoms with Crippen LogP contribution in [0.4, 0.5) is 0 Å². The van der Waals surface area contributed by atoms with Crippen molar-refractivity contribution in [2.45, 2.75) is 155 Å². The van der Waals surface area contributed by atoms with Crippen molar-refractivity contribution in [3.05, 3.63) is 0 Å². The first-order valence-corrected chi connectivity index (χ1v) is 14.1. The molecule has 2 unspecified atom stereocenters. The molecule has 3 nitrogen and oxygen atoms in total. The van der Waals surface area contributed by atoms with Gasteiger partial charge in [-0.3, -0.25) is 0 Å². The second kappa shape index (κ2) is 26.1. The Balaban J connectivity index is 3.88. The van der Waals surface area contributed by atoms with Crippen LogP contribution in [0, 0.1) is 0 Å². The zero-order valence-electron chi connectivity index (χ0n) is 21.9. The summed E-state index contributed by atoms with van der Waals surface area (Å²) in [7, 11) is 0. The van der Waals surface area contributed by atoms with Crippen LogP contribution < -0.4 is 0 Å². The maximum absolute atomic E-state index is 6.59. The predicted octanol–water partition coefficient (Wildman–Crippen LogP) is 8.87. The standard InChI is InChI=1S/C28H58O3/c1-5-9-11-15-23-29-25-17-13-21-27(19-7-3)31-28(20-8-4)22-14-18-26-30-24-16-12-10-6-2/h27-28H,5-26H2,1-4H3. The van der Waals surface area contributed by atoms with Crippen LogP contribution in [0.1, 0.15) is 143 Å². The molecule has 0 aromatic rings. The van der Waals surface area contributed by atoms with Gasteiger partial charge in [-0.05, 0) is 64.2 Å². The Hall–Kier alpha value is -0.120. The molecule has 0 fully saturated rings. The third-order valence-corrected chi connectivity index (χ3v) is 6.02. The second-order valence-corrected chi connectivity index (χ2v) is 9.30. The minimum absolute atomic E-state index is 0.431. The number of unbranched alkanes of at least 4 members (excludes halogenated alkanes) is 8. The summed E-state index contributed by atoms with van der Waals surface area (Å²) in [5.41, 5.74) is 0. The van der Waals surface area contributed by atoms with E-state index in [1.807, 2.05) is 0 Å². The number of ether oxygens (including phenoxy) is 3. The highest BCUT2D eigenvalue weighted by Gasteiger charge is 2.15. The third kappa shape index (κ3) is 22.9. The van der Waals surface area contributed by atoms with Crippen LogP contribution >= 0.6 is 0 Å². The fourth-order valence-electron chi connectivity index (χ4n) is 4.10. The molecule has 0 rings (SSSR count). The van der Waals surface area contributed by atoms with Crippen LogP contribution in [0.5, 0.6) is 0 Å².